The first-order valence-electron chi connectivity index (χ1n) is 2.75. The van der Waals surface area contributed by atoms with Crippen molar-refractivity contribution in [1.82, 2.24) is 0 Å². The Kier molecular flexibility index (Phi) is 2.63. The molecule has 0 radical (unpaired) electrons. The van der Waals surface area contributed by atoms with Gasteiger partial charge in [0.1, 0.15) is 12.2 Å². The minimum absolute atomic E-state index is 0.222. The van der Waals surface area contributed by atoms with Gasteiger partial charge in [0, 0.05) is 0 Å². The summed E-state index contributed by atoms with van der Waals surface area (Å²) >= 11 is 0. The van der Waals surface area contributed by atoms with E-state index in [2.05, 4.69) is 4.85 Å². The summed E-state index contributed by atoms with van der Waals surface area (Å²) in [6, 6.07) is -0.586. The Morgan fingerprint density at radius 1 is 1.67 bits per heavy atom. The van der Waals surface area contributed by atoms with Crippen LogP contribution in [0.4, 0.5) is 0 Å². The molecular weight excluding hydrogens is 118 g/mol. The molecule has 0 fully saturated rings. The van der Waals surface area contributed by atoms with Gasteiger partial charge in [0.15, 0.2) is 0 Å². The van der Waals surface area contributed by atoms with E-state index in [4.69, 9.17) is 16.8 Å². The SMILES string of the molecule is C#[N+]C(CO)C(C)(C)O. The standard InChI is InChI=1S/C6H12NO2/c1-6(2,9)5(4-8)7-3/h3,5,8-9H,4H2,1-2H3/q+1. The van der Waals surface area contributed by atoms with Crippen LogP contribution < -0.4 is 0 Å². The zero-order valence-electron chi connectivity index (χ0n) is 5.70. The van der Waals surface area contributed by atoms with E-state index < -0.39 is 11.6 Å². The van der Waals surface area contributed by atoms with E-state index in [1.165, 1.54) is 0 Å². The molecule has 3 heteroatoms. The van der Waals surface area contributed by atoms with Crippen LogP contribution in [-0.2, 0) is 0 Å². The number of aliphatic hydroxyl groups is 2. The van der Waals surface area contributed by atoms with Crippen LogP contribution >= 0.6 is 0 Å². The van der Waals surface area contributed by atoms with Crippen LogP contribution in [0.1, 0.15) is 13.8 Å². The molecule has 0 amide bonds. The normalized spacial score (nSPS) is 14.6. The number of rotatable bonds is 2. The highest BCUT2D eigenvalue weighted by Crippen LogP contribution is 2.10. The third kappa shape index (κ3) is 2.45. The summed E-state index contributed by atoms with van der Waals surface area (Å²) in [4.78, 5) is 3.28. The molecule has 0 aliphatic heterocycles. The van der Waals surface area contributed by atoms with Crippen LogP contribution in [0.2, 0.25) is 0 Å². The molecule has 9 heavy (non-hydrogen) atoms. The second-order valence-corrected chi connectivity index (χ2v) is 2.50. The quantitative estimate of drug-likeness (QED) is 0.556. The topological polar surface area (TPSA) is 44.8 Å². The lowest BCUT2D eigenvalue weighted by molar-refractivity contribution is 0.0440. The summed E-state index contributed by atoms with van der Waals surface area (Å²) in [6.45, 7) is 7.74. The summed E-state index contributed by atoms with van der Waals surface area (Å²) in [5.74, 6) is 0. The maximum absolute atomic E-state index is 9.14. The second-order valence-electron chi connectivity index (χ2n) is 2.50. The maximum Gasteiger partial charge on any atom is 0.321 e. The molecular formula is C6H12NO2+. The van der Waals surface area contributed by atoms with E-state index in [1.54, 1.807) is 13.8 Å². The minimum atomic E-state index is -1.02. The van der Waals surface area contributed by atoms with Crippen molar-refractivity contribution < 1.29 is 10.2 Å². The van der Waals surface area contributed by atoms with Crippen molar-refractivity contribution in [2.45, 2.75) is 25.5 Å². The summed E-state index contributed by atoms with van der Waals surface area (Å²) in [5, 5.41) is 17.7. The lowest BCUT2D eigenvalue weighted by atomic mass is 10.0. The van der Waals surface area contributed by atoms with Crippen LogP contribution in [-0.4, -0.2) is 28.5 Å². The monoisotopic (exact) mass is 130 g/mol. The molecule has 1 atom stereocenters. The third-order valence-electron chi connectivity index (χ3n) is 1.17. The summed E-state index contributed by atoms with van der Waals surface area (Å²) in [5.41, 5.74) is -1.02. The first-order chi connectivity index (χ1) is 4.02. The van der Waals surface area contributed by atoms with Gasteiger partial charge >= 0.3 is 6.04 Å². The number of hydrogen-bond donors (Lipinski definition) is 2. The molecule has 0 aliphatic rings. The number of nitrogens with zero attached hydrogens (tertiary/aromatic N) is 1. The smallest absolute Gasteiger partial charge is 0.321 e. The summed E-state index contributed by atoms with van der Waals surface area (Å²) in [7, 11) is 0. The second kappa shape index (κ2) is 2.81. The highest BCUT2D eigenvalue weighted by atomic mass is 16.3. The molecule has 0 aromatic carbocycles. The van der Waals surface area contributed by atoms with Crippen molar-refractivity contribution in [3.8, 4) is 6.57 Å². The predicted octanol–water partition coefficient (Wildman–Crippen LogP) is 0.0809. The lowest BCUT2D eigenvalue weighted by Gasteiger charge is -2.13. The highest BCUT2D eigenvalue weighted by molar-refractivity contribution is 4.93. The molecule has 0 spiro atoms. The van der Waals surface area contributed by atoms with Gasteiger partial charge in [-0.3, -0.25) is 0 Å². The van der Waals surface area contributed by atoms with E-state index in [0.717, 1.165) is 0 Å². The van der Waals surface area contributed by atoms with Crippen molar-refractivity contribution >= 4 is 0 Å². The predicted molar refractivity (Wildman–Crippen MR) is 35.5 cm³/mol. The Labute approximate surface area is 54.8 Å². The Hall–Kier alpha value is -0.590. The molecule has 0 saturated carbocycles. The molecule has 0 aromatic rings. The van der Waals surface area contributed by atoms with Crippen LogP contribution in [0.15, 0.2) is 0 Å². The van der Waals surface area contributed by atoms with Crippen molar-refractivity contribution in [2.75, 3.05) is 6.61 Å². The minimum Gasteiger partial charge on any atom is -0.388 e. The fourth-order valence-electron chi connectivity index (χ4n) is 0.453. The Morgan fingerprint density at radius 3 is 2.11 bits per heavy atom. The van der Waals surface area contributed by atoms with Crippen molar-refractivity contribution in [1.29, 1.82) is 0 Å². The molecule has 0 heterocycles. The first-order valence-corrected chi connectivity index (χ1v) is 2.75. The van der Waals surface area contributed by atoms with Crippen molar-refractivity contribution in [2.24, 2.45) is 0 Å². The zero-order valence-corrected chi connectivity index (χ0v) is 5.70. The number of hydrogen-bond acceptors (Lipinski definition) is 2. The molecule has 0 aromatic heterocycles. The average Bonchev–Trinajstić information content (AvgIpc) is 1.65. The largest absolute Gasteiger partial charge is 0.388 e. The zero-order chi connectivity index (χ0) is 7.49. The van der Waals surface area contributed by atoms with Gasteiger partial charge in [0.05, 0.1) is 0 Å². The molecule has 0 saturated heterocycles. The average molecular weight is 130 g/mol. The fourth-order valence-corrected chi connectivity index (χ4v) is 0.453. The van der Waals surface area contributed by atoms with E-state index >= 15 is 0 Å². The fraction of sp³-hybridized carbons (Fsp3) is 0.833. The Morgan fingerprint density at radius 2 is 2.11 bits per heavy atom. The molecule has 52 valence electrons. The van der Waals surface area contributed by atoms with Gasteiger partial charge in [-0.2, -0.15) is 0 Å². The van der Waals surface area contributed by atoms with Crippen LogP contribution in [0.25, 0.3) is 4.85 Å². The van der Waals surface area contributed by atoms with E-state index in [0.29, 0.717) is 0 Å². The van der Waals surface area contributed by atoms with Crippen LogP contribution in [0.3, 0.4) is 0 Å². The van der Waals surface area contributed by atoms with Gasteiger partial charge in [-0.1, -0.05) is 4.85 Å². The Balaban J connectivity index is 4.00. The van der Waals surface area contributed by atoms with Gasteiger partial charge in [-0.05, 0) is 13.8 Å². The maximum atomic E-state index is 9.14. The van der Waals surface area contributed by atoms with E-state index in [1.807, 2.05) is 0 Å². The lowest BCUT2D eigenvalue weighted by Crippen LogP contribution is -2.35. The third-order valence-corrected chi connectivity index (χ3v) is 1.17. The summed E-state index contributed by atoms with van der Waals surface area (Å²) < 4.78 is 0. The van der Waals surface area contributed by atoms with E-state index in [9.17, 15) is 0 Å². The highest BCUT2D eigenvalue weighted by Gasteiger charge is 2.34. The Bertz CT molecular complexity index is 120. The molecule has 0 aliphatic carbocycles. The van der Waals surface area contributed by atoms with Crippen LogP contribution in [0.5, 0.6) is 0 Å². The van der Waals surface area contributed by atoms with Crippen molar-refractivity contribution in [3.63, 3.8) is 0 Å². The van der Waals surface area contributed by atoms with Crippen molar-refractivity contribution in [3.05, 3.63) is 4.85 Å². The molecule has 0 rings (SSSR count). The van der Waals surface area contributed by atoms with Crippen LogP contribution in [0, 0.1) is 6.57 Å². The van der Waals surface area contributed by atoms with E-state index in [-0.39, 0.29) is 6.61 Å². The van der Waals surface area contributed by atoms with Gasteiger partial charge in [-0.15, -0.1) is 0 Å². The van der Waals surface area contributed by atoms with Gasteiger partial charge in [0.2, 0.25) is 0 Å². The van der Waals surface area contributed by atoms with Gasteiger partial charge in [-0.25, -0.2) is 0 Å². The molecule has 3 nitrogen and oxygen atoms in total. The molecule has 0 bridgehead atoms. The van der Waals surface area contributed by atoms with Gasteiger partial charge in [0.25, 0.3) is 6.57 Å². The first kappa shape index (κ1) is 8.41. The van der Waals surface area contributed by atoms with Gasteiger partial charge < -0.3 is 10.2 Å². The molecule has 1 unspecified atom stereocenters. The summed E-state index contributed by atoms with van der Waals surface area (Å²) in [6.07, 6.45) is 0. The number of aliphatic hydroxyl groups excluding tert-OH is 1. The molecule has 2 N–H and O–H groups in total.